The van der Waals surface area contributed by atoms with Crippen molar-refractivity contribution >= 4 is 28.6 Å². The molecular formula is C25H29N3O3. The highest BCUT2D eigenvalue weighted by Crippen LogP contribution is 2.38. The van der Waals surface area contributed by atoms with Gasteiger partial charge in [-0.1, -0.05) is 38.0 Å². The summed E-state index contributed by atoms with van der Waals surface area (Å²) in [5.41, 5.74) is 2.73. The molecule has 1 aliphatic heterocycles. The van der Waals surface area contributed by atoms with E-state index in [2.05, 4.69) is 12.2 Å². The second kappa shape index (κ2) is 7.29. The minimum atomic E-state index is -1.06. The van der Waals surface area contributed by atoms with Crippen molar-refractivity contribution in [1.29, 1.82) is 0 Å². The maximum atomic E-state index is 13.8. The predicted molar refractivity (Wildman–Crippen MR) is 120 cm³/mol. The van der Waals surface area contributed by atoms with E-state index in [0.29, 0.717) is 23.7 Å². The number of fused-ring (bicyclic) bond motifs is 3. The Morgan fingerprint density at radius 3 is 2.74 bits per heavy atom. The molecule has 0 spiro atoms. The molecule has 0 bridgehead atoms. The third-order valence-corrected chi connectivity index (χ3v) is 7.18. The van der Waals surface area contributed by atoms with Crippen LogP contribution >= 0.6 is 0 Å². The second-order valence-electron chi connectivity index (χ2n) is 9.33. The standard InChI is InChI=1S/C25H29N3O3/c1-16-8-4-6-10-18(16)26-24(30)25(3)15-27-20-12-13-31-22(20)14-21(27)23(29)28(25)19-11-7-5-9-17(19)2/h5,7,9,11-14,16,18H,4,6,8,10,15H2,1-3H3,(H,26,30). The van der Waals surface area contributed by atoms with Crippen LogP contribution in [0.2, 0.25) is 0 Å². The van der Waals surface area contributed by atoms with Crippen LogP contribution in [-0.2, 0) is 11.3 Å². The van der Waals surface area contributed by atoms with Gasteiger partial charge >= 0.3 is 0 Å². The number of hydrogen-bond donors (Lipinski definition) is 1. The van der Waals surface area contributed by atoms with E-state index in [1.807, 2.05) is 48.7 Å². The van der Waals surface area contributed by atoms with Crippen molar-refractivity contribution in [2.24, 2.45) is 5.92 Å². The lowest BCUT2D eigenvalue weighted by molar-refractivity contribution is -0.127. The van der Waals surface area contributed by atoms with E-state index in [1.165, 1.54) is 6.42 Å². The first-order valence-corrected chi connectivity index (χ1v) is 11.2. The van der Waals surface area contributed by atoms with Gasteiger partial charge in [0.15, 0.2) is 5.58 Å². The van der Waals surface area contributed by atoms with Crippen molar-refractivity contribution in [2.75, 3.05) is 4.90 Å². The molecule has 1 aliphatic carbocycles. The quantitative estimate of drug-likeness (QED) is 0.672. The molecule has 3 aromatic rings. The molecule has 1 fully saturated rings. The zero-order valence-electron chi connectivity index (χ0n) is 18.4. The Hall–Kier alpha value is -3.02. The van der Waals surface area contributed by atoms with E-state index in [4.69, 9.17) is 4.42 Å². The summed E-state index contributed by atoms with van der Waals surface area (Å²) in [6, 6.07) is 11.5. The summed E-state index contributed by atoms with van der Waals surface area (Å²) in [5, 5.41) is 3.31. The van der Waals surface area contributed by atoms with Crippen LogP contribution in [0.15, 0.2) is 47.1 Å². The summed E-state index contributed by atoms with van der Waals surface area (Å²) in [7, 11) is 0. The topological polar surface area (TPSA) is 67.5 Å². The van der Waals surface area contributed by atoms with Gasteiger partial charge in [0.1, 0.15) is 11.2 Å². The van der Waals surface area contributed by atoms with Crippen LogP contribution in [0.4, 0.5) is 5.69 Å². The maximum Gasteiger partial charge on any atom is 0.276 e. The van der Waals surface area contributed by atoms with Gasteiger partial charge in [0.25, 0.3) is 5.91 Å². The first-order valence-electron chi connectivity index (χ1n) is 11.2. The molecule has 5 rings (SSSR count). The van der Waals surface area contributed by atoms with Gasteiger partial charge in [-0.3, -0.25) is 14.5 Å². The molecule has 6 heteroatoms. The van der Waals surface area contributed by atoms with Crippen molar-refractivity contribution in [3.63, 3.8) is 0 Å². The summed E-state index contributed by atoms with van der Waals surface area (Å²) in [4.78, 5) is 29.3. The number of hydrogen-bond acceptors (Lipinski definition) is 3. The van der Waals surface area contributed by atoms with Crippen LogP contribution in [0.25, 0.3) is 11.1 Å². The Kier molecular flexibility index (Phi) is 4.68. The number of nitrogens with zero attached hydrogens (tertiary/aromatic N) is 2. The molecule has 2 amide bonds. The summed E-state index contributed by atoms with van der Waals surface area (Å²) < 4.78 is 7.49. The van der Waals surface area contributed by atoms with E-state index in [1.54, 1.807) is 17.2 Å². The van der Waals surface area contributed by atoms with Gasteiger partial charge in [0.2, 0.25) is 5.91 Å². The van der Waals surface area contributed by atoms with Gasteiger partial charge in [-0.25, -0.2) is 0 Å². The van der Waals surface area contributed by atoms with E-state index >= 15 is 0 Å². The minimum absolute atomic E-state index is 0.0983. The number of amides is 2. The number of furan rings is 1. The fourth-order valence-electron chi connectivity index (χ4n) is 5.26. The number of rotatable bonds is 3. The SMILES string of the molecule is Cc1ccccc1N1C(=O)c2cc3occc3n2CC1(C)C(=O)NC1CCCCC1C. The summed E-state index contributed by atoms with van der Waals surface area (Å²) in [6.45, 7) is 6.44. The smallest absolute Gasteiger partial charge is 0.276 e. The fraction of sp³-hybridized carbons (Fsp3) is 0.440. The highest BCUT2D eigenvalue weighted by Gasteiger charge is 2.49. The van der Waals surface area contributed by atoms with Crippen molar-refractivity contribution in [1.82, 2.24) is 9.88 Å². The Balaban J connectivity index is 1.61. The monoisotopic (exact) mass is 419 g/mol. The number of carbonyl (C=O) groups excluding carboxylic acids is 2. The molecule has 3 heterocycles. The molecule has 3 unspecified atom stereocenters. The molecule has 1 N–H and O–H groups in total. The molecule has 2 aliphatic rings. The lowest BCUT2D eigenvalue weighted by Gasteiger charge is -2.45. The van der Waals surface area contributed by atoms with Gasteiger partial charge < -0.3 is 14.3 Å². The average Bonchev–Trinajstić information content (AvgIpc) is 3.33. The van der Waals surface area contributed by atoms with Gasteiger partial charge in [0, 0.05) is 23.9 Å². The van der Waals surface area contributed by atoms with E-state index in [9.17, 15) is 9.59 Å². The third kappa shape index (κ3) is 3.08. The number of para-hydroxylation sites is 1. The number of nitrogens with one attached hydrogen (secondary N) is 1. The van der Waals surface area contributed by atoms with Crippen molar-refractivity contribution in [2.45, 2.75) is 64.6 Å². The van der Waals surface area contributed by atoms with Crippen LogP contribution in [0.1, 0.15) is 55.6 Å². The van der Waals surface area contributed by atoms with Crippen LogP contribution in [0, 0.1) is 12.8 Å². The lowest BCUT2D eigenvalue weighted by atomic mass is 9.84. The molecule has 6 nitrogen and oxygen atoms in total. The van der Waals surface area contributed by atoms with Gasteiger partial charge in [0.05, 0.1) is 18.3 Å². The zero-order valence-corrected chi connectivity index (χ0v) is 18.4. The zero-order chi connectivity index (χ0) is 21.8. The van der Waals surface area contributed by atoms with Gasteiger partial charge in [-0.05, 0) is 44.2 Å². The Morgan fingerprint density at radius 2 is 1.97 bits per heavy atom. The second-order valence-corrected chi connectivity index (χ2v) is 9.33. The summed E-state index contributed by atoms with van der Waals surface area (Å²) in [5.74, 6) is 0.162. The van der Waals surface area contributed by atoms with Crippen molar-refractivity contribution < 1.29 is 14.0 Å². The molecular weight excluding hydrogens is 390 g/mol. The third-order valence-electron chi connectivity index (χ3n) is 7.18. The Labute approximate surface area is 182 Å². The summed E-state index contributed by atoms with van der Waals surface area (Å²) in [6.07, 6.45) is 6.08. The average molecular weight is 420 g/mol. The first kappa shape index (κ1) is 19.9. The molecule has 3 atom stereocenters. The molecule has 162 valence electrons. The largest absolute Gasteiger partial charge is 0.463 e. The van der Waals surface area contributed by atoms with E-state index < -0.39 is 5.54 Å². The Bertz CT molecular complexity index is 1160. The highest BCUT2D eigenvalue weighted by atomic mass is 16.3. The minimum Gasteiger partial charge on any atom is -0.463 e. The summed E-state index contributed by atoms with van der Waals surface area (Å²) >= 11 is 0. The molecule has 0 radical (unpaired) electrons. The molecule has 1 aromatic carbocycles. The van der Waals surface area contributed by atoms with Crippen molar-refractivity contribution in [3.8, 4) is 0 Å². The normalized spacial score (nSPS) is 26.2. The van der Waals surface area contributed by atoms with Crippen LogP contribution in [0.3, 0.4) is 0 Å². The number of aryl methyl sites for hydroxylation is 1. The lowest BCUT2D eigenvalue weighted by Crippen LogP contribution is -2.66. The number of anilines is 1. The molecule has 0 saturated heterocycles. The molecule has 1 saturated carbocycles. The van der Waals surface area contributed by atoms with E-state index in [-0.39, 0.29) is 17.9 Å². The number of benzene rings is 1. The van der Waals surface area contributed by atoms with E-state index in [0.717, 1.165) is 36.0 Å². The van der Waals surface area contributed by atoms with Gasteiger partial charge in [-0.15, -0.1) is 0 Å². The van der Waals surface area contributed by atoms with Gasteiger partial charge in [-0.2, -0.15) is 0 Å². The highest BCUT2D eigenvalue weighted by molar-refractivity contribution is 6.14. The van der Waals surface area contributed by atoms with Crippen LogP contribution < -0.4 is 10.2 Å². The van der Waals surface area contributed by atoms with Crippen molar-refractivity contribution in [3.05, 3.63) is 53.9 Å². The molecule has 31 heavy (non-hydrogen) atoms. The Morgan fingerprint density at radius 1 is 1.19 bits per heavy atom. The predicted octanol–water partition coefficient (Wildman–Crippen LogP) is 4.66. The van der Waals surface area contributed by atoms with Crippen LogP contribution in [0.5, 0.6) is 0 Å². The number of aromatic nitrogens is 1. The van der Waals surface area contributed by atoms with Crippen LogP contribution in [-0.4, -0.2) is 28.0 Å². The first-order chi connectivity index (χ1) is 14.9. The maximum absolute atomic E-state index is 13.8. The fourth-order valence-corrected chi connectivity index (χ4v) is 5.26. The molecule has 2 aromatic heterocycles. The number of carbonyl (C=O) groups is 2.